The SMILES string of the molecule is CC/C=C\C/C=C\C/C=C\C/C=C\CCCCCCC(=O)OC(COC(=O)CCCCCCC/C=C\C/C=C\CCCCCC)COP(=O)(O)OCC(O)CO. The van der Waals surface area contributed by atoms with E-state index in [1.165, 1.54) is 32.1 Å². The third-order valence-electron chi connectivity index (χ3n) is 8.59. The lowest BCUT2D eigenvalue weighted by molar-refractivity contribution is -0.161. The van der Waals surface area contributed by atoms with Gasteiger partial charge in [0.2, 0.25) is 0 Å². The highest BCUT2D eigenvalue weighted by molar-refractivity contribution is 7.47. The second-order valence-corrected chi connectivity index (χ2v) is 15.4. The molecule has 0 spiro atoms. The molecule has 0 saturated carbocycles. The molecule has 322 valence electrons. The Morgan fingerprint density at radius 1 is 0.554 bits per heavy atom. The van der Waals surface area contributed by atoms with Crippen LogP contribution in [0.25, 0.3) is 0 Å². The van der Waals surface area contributed by atoms with Crippen molar-refractivity contribution >= 4 is 19.8 Å². The third-order valence-corrected chi connectivity index (χ3v) is 9.55. The highest BCUT2D eigenvalue weighted by atomic mass is 31.2. The van der Waals surface area contributed by atoms with Gasteiger partial charge in [-0.05, 0) is 83.5 Å². The van der Waals surface area contributed by atoms with Crippen molar-refractivity contribution in [3.8, 4) is 0 Å². The highest BCUT2D eigenvalue weighted by Crippen LogP contribution is 2.43. The Labute approximate surface area is 339 Å². The fourth-order valence-electron chi connectivity index (χ4n) is 5.31. The van der Waals surface area contributed by atoms with Gasteiger partial charge >= 0.3 is 19.8 Å². The van der Waals surface area contributed by atoms with Gasteiger partial charge in [0.05, 0.1) is 19.8 Å². The Hall–Kier alpha value is -2.59. The van der Waals surface area contributed by atoms with Gasteiger partial charge in [-0.25, -0.2) is 4.57 Å². The molecule has 0 aliphatic heterocycles. The molecule has 10 nitrogen and oxygen atoms in total. The lowest BCUT2D eigenvalue weighted by atomic mass is 10.1. The normalized spacial score (nSPS) is 14.6. The number of esters is 2. The predicted octanol–water partition coefficient (Wildman–Crippen LogP) is 11.3. The van der Waals surface area contributed by atoms with Gasteiger partial charge in [-0.2, -0.15) is 0 Å². The number of aliphatic hydroxyl groups excluding tert-OH is 2. The Kier molecular flexibility index (Phi) is 38.7. The second kappa shape index (κ2) is 40.6. The molecule has 0 bridgehead atoms. The fraction of sp³-hybridized carbons (Fsp3) is 0.689. The average molecular weight is 809 g/mol. The fourth-order valence-corrected chi connectivity index (χ4v) is 6.10. The van der Waals surface area contributed by atoms with Crippen LogP contribution < -0.4 is 0 Å². The summed E-state index contributed by atoms with van der Waals surface area (Å²) in [5, 5.41) is 18.3. The van der Waals surface area contributed by atoms with Crippen LogP contribution in [0.5, 0.6) is 0 Å². The van der Waals surface area contributed by atoms with Crippen LogP contribution in [0.1, 0.15) is 162 Å². The summed E-state index contributed by atoms with van der Waals surface area (Å²) in [7, 11) is -4.63. The van der Waals surface area contributed by atoms with Gasteiger partial charge in [-0.3, -0.25) is 18.6 Å². The maximum absolute atomic E-state index is 12.6. The lowest BCUT2D eigenvalue weighted by Crippen LogP contribution is -2.29. The van der Waals surface area contributed by atoms with Crippen molar-refractivity contribution in [3.63, 3.8) is 0 Å². The van der Waals surface area contributed by atoms with Crippen molar-refractivity contribution in [2.24, 2.45) is 0 Å². The molecule has 3 unspecified atom stereocenters. The van der Waals surface area contributed by atoms with Gasteiger partial charge in [0.15, 0.2) is 6.10 Å². The van der Waals surface area contributed by atoms with Gasteiger partial charge in [-0.1, -0.05) is 138 Å². The summed E-state index contributed by atoms with van der Waals surface area (Å²) in [4.78, 5) is 35.0. The van der Waals surface area contributed by atoms with Crippen molar-refractivity contribution in [2.75, 3.05) is 26.4 Å². The van der Waals surface area contributed by atoms with Gasteiger partial charge in [-0.15, -0.1) is 0 Å². The van der Waals surface area contributed by atoms with E-state index < -0.39 is 51.8 Å². The van der Waals surface area contributed by atoms with Crippen LogP contribution in [0.3, 0.4) is 0 Å². The van der Waals surface area contributed by atoms with Gasteiger partial charge in [0, 0.05) is 12.8 Å². The first-order chi connectivity index (χ1) is 27.2. The smallest absolute Gasteiger partial charge is 0.462 e. The van der Waals surface area contributed by atoms with Crippen molar-refractivity contribution in [1.29, 1.82) is 0 Å². The van der Waals surface area contributed by atoms with Gasteiger partial charge in [0.25, 0.3) is 0 Å². The number of hydrogen-bond acceptors (Lipinski definition) is 9. The van der Waals surface area contributed by atoms with Crippen LogP contribution in [-0.2, 0) is 32.7 Å². The zero-order chi connectivity index (χ0) is 41.2. The molecule has 0 heterocycles. The number of unbranched alkanes of at least 4 members (excludes halogenated alkanes) is 13. The summed E-state index contributed by atoms with van der Waals surface area (Å²) in [5.74, 6) is -0.975. The zero-order valence-electron chi connectivity index (χ0n) is 34.8. The zero-order valence-corrected chi connectivity index (χ0v) is 35.7. The summed E-state index contributed by atoms with van der Waals surface area (Å²) < 4.78 is 32.7. The number of carbonyl (C=O) groups excluding carboxylic acids is 2. The number of phosphoric acid groups is 1. The van der Waals surface area contributed by atoms with Crippen molar-refractivity contribution < 1.29 is 47.8 Å². The van der Waals surface area contributed by atoms with E-state index in [4.69, 9.17) is 19.1 Å². The van der Waals surface area contributed by atoms with Crippen molar-refractivity contribution in [3.05, 3.63) is 72.9 Å². The number of aliphatic hydroxyl groups is 2. The molecule has 56 heavy (non-hydrogen) atoms. The van der Waals surface area contributed by atoms with E-state index in [0.29, 0.717) is 12.8 Å². The monoisotopic (exact) mass is 809 g/mol. The number of ether oxygens (including phenoxy) is 2. The Morgan fingerprint density at radius 3 is 1.48 bits per heavy atom. The molecule has 0 aromatic heterocycles. The Morgan fingerprint density at radius 2 is 0.982 bits per heavy atom. The van der Waals surface area contributed by atoms with Crippen LogP contribution in [-0.4, -0.2) is 65.7 Å². The van der Waals surface area contributed by atoms with E-state index in [0.717, 1.165) is 89.9 Å². The Bertz CT molecular complexity index is 1160. The first kappa shape index (κ1) is 53.4. The molecular formula is C45H77O10P. The van der Waals surface area contributed by atoms with Crippen LogP contribution >= 0.6 is 7.82 Å². The van der Waals surface area contributed by atoms with E-state index in [9.17, 15) is 24.2 Å². The van der Waals surface area contributed by atoms with Gasteiger partial charge < -0.3 is 24.6 Å². The van der Waals surface area contributed by atoms with Gasteiger partial charge in [0.1, 0.15) is 12.7 Å². The van der Waals surface area contributed by atoms with E-state index >= 15 is 0 Å². The highest BCUT2D eigenvalue weighted by Gasteiger charge is 2.27. The molecule has 0 saturated heterocycles. The minimum atomic E-state index is -4.63. The molecule has 0 fully saturated rings. The molecule has 11 heteroatoms. The summed E-state index contributed by atoms with van der Waals surface area (Å²) in [6, 6.07) is 0. The number of carbonyl (C=O) groups is 2. The minimum absolute atomic E-state index is 0.149. The number of hydrogen-bond donors (Lipinski definition) is 3. The summed E-state index contributed by atoms with van der Waals surface area (Å²) in [5.41, 5.74) is 0. The van der Waals surface area contributed by atoms with Crippen LogP contribution in [0.4, 0.5) is 0 Å². The topological polar surface area (TPSA) is 149 Å². The molecule has 0 aromatic carbocycles. The quantitative estimate of drug-likeness (QED) is 0.0237. The molecule has 3 atom stereocenters. The predicted molar refractivity (Wildman–Crippen MR) is 228 cm³/mol. The average Bonchev–Trinajstić information content (AvgIpc) is 3.19. The molecule has 3 N–H and O–H groups in total. The molecule has 0 rings (SSSR count). The number of phosphoric ester groups is 1. The maximum Gasteiger partial charge on any atom is 0.472 e. The van der Waals surface area contributed by atoms with E-state index in [2.05, 4.69) is 91.3 Å². The van der Waals surface area contributed by atoms with Crippen molar-refractivity contribution in [1.82, 2.24) is 0 Å². The molecular weight excluding hydrogens is 731 g/mol. The maximum atomic E-state index is 12.6. The summed E-state index contributed by atoms with van der Waals surface area (Å²) in [6.45, 7) is 2.19. The van der Waals surface area contributed by atoms with Crippen LogP contribution in [0.2, 0.25) is 0 Å². The minimum Gasteiger partial charge on any atom is -0.462 e. The first-order valence-corrected chi connectivity index (χ1v) is 22.9. The van der Waals surface area contributed by atoms with E-state index in [1.807, 2.05) is 0 Å². The second-order valence-electron chi connectivity index (χ2n) is 14.0. The molecule has 0 radical (unpaired) electrons. The largest absolute Gasteiger partial charge is 0.472 e. The number of rotatable bonds is 39. The number of allylic oxidation sites excluding steroid dienone is 12. The Balaban J connectivity index is 4.39. The lowest BCUT2D eigenvalue weighted by Gasteiger charge is -2.20. The van der Waals surface area contributed by atoms with Crippen LogP contribution in [0, 0.1) is 0 Å². The molecule has 0 amide bonds. The third kappa shape index (κ3) is 39.6. The molecule has 0 aliphatic carbocycles. The first-order valence-electron chi connectivity index (χ1n) is 21.4. The van der Waals surface area contributed by atoms with Crippen molar-refractivity contribution in [2.45, 2.75) is 174 Å². The molecule has 0 aromatic rings. The van der Waals surface area contributed by atoms with Crippen LogP contribution in [0.15, 0.2) is 72.9 Å². The summed E-state index contributed by atoms with van der Waals surface area (Å²) in [6.07, 6.45) is 45.8. The standard InChI is InChI=1S/C45H77O10P/c1-3-5-7-9-11-13-15-17-19-21-23-25-27-29-31-33-35-37-45(49)55-43(41-54-56(50,51)53-39-42(47)38-46)40-52-44(48)36-34-32-30-28-26-24-22-20-18-16-14-12-10-8-6-4-2/h5,7,11,13-14,16-17,19-20,22-23,25,42-43,46-47H,3-4,6,8-10,12,15,18,21,24,26-41H2,1-2H3,(H,50,51)/b7-5-,13-11-,16-14-,19-17-,22-20-,25-23-. The molecule has 0 aliphatic rings. The summed E-state index contributed by atoms with van der Waals surface area (Å²) >= 11 is 0. The van der Waals surface area contributed by atoms with E-state index in [1.54, 1.807) is 0 Å². The van der Waals surface area contributed by atoms with E-state index in [-0.39, 0.29) is 19.4 Å².